The lowest BCUT2D eigenvalue weighted by Crippen LogP contribution is -2.42. The van der Waals surface area contributed by atoms with Crippen molar-refractivity contribution in [3.8, 4) is 5.75 Å². The van der Waals surface area contributed by atoms with E-state index < -0.39 is 22.1 Å². The number of anilines is 1. The Balaban J connectivity index is 1.39. The Bertz CT molecular complexity index is 1410. The fourth-order valence-electron chi connectivity index (χ4n) is 4.07. The van der Waals surface area contributed by atoms with E-state index in [1.807, 2.05) is 18.2 Å². The molecule has 0 spiro atoms. The number of esters is 1. The van der Waals surface area contributed by atoms with Gasteiger partial charge in [-0.25, -0.2) is 13.2 Å². The number of fused-ring (bicyclic) bond motifs is 1. The van der Waals surface area contributed by atoms with Crippen LogP contribution in [0.4, 0.5) is 5.69 Å². The Morgan fingerprint density at radius 2 is 1.76 bits per heavy atom. The van der Waals surface area contributed by atoms with E-state index in [4.69, 9.17) is 9.47 Å². The molecular formula is C27H27BrN2O6S. The minimum absolute atomic E-state index is 0.0140. The lowest BCUT2D eigenvalue weighted by Gasteiger charge is -2.30. The molecule has 0 fully saturated rings. The maximum absolute atomic E-state index is 13.0. The quantitative estimate of drug-likeness (QED) is 0.381. The van der Waals surface area contributed by atoms with Crippen LogP contribution in [0.15, 0.2) is 76.1 Å². The zero-order valence-electron chi connectivity index (χ0n) is 20.4. The summed E-state index contributed by atoms with van der Waals surface area (Å²) in [4.78, 5) is 27.2. The van der Waals surface area contributed by atoms with E-state index in [1.54, 1.807) is 30.9 Å². The van der Waals surface area contributed by atoms with Crippen molar-refractivity contribution in [1.82, 2.24) is 4.90 Å². The number of hydrogen-bond donors (Lipinski definition) is 1. The molecule has 0 aliphatic carbocycles. The summed E-state index contributed by atoms with van der Waals surface area (Å²) in [6, 6.07) is 18.5. The van der Waals surface area contributed by atoms with E-state index in [-0.39, 0.29) is 27.8 Å². The number of sulfonamides is 1. The van der Waals surface area contributed by atoms with Gasteiger partial charge in [-0.05, 0) is 73.9 Å². The fourth-order valence-corrected chi connectivity index (χ4v) is 5.81. The monoisotopic (exact) mass is 586 g/mol. The third-order valence-corrected chi connectivity index (χ3v) is 7.84. The summed E-state index contributed by atoms with van der Waals surface area (Å²) in [5.41, 5.74) is 2.77. The number of carbonyl (C=O) groups excluding carboxylic acids is 2. The van der Waals surface area contributed by atoms with E-state index in [0.29, 0.717) is 24.2 Å². The fraction of sp³-hybridized carbons (Fsp3) is 0.259. The standard InChI is InChI=1S/C27H27BrN2O6S/c1-3-35-24-13-10-22(28)16-25(24)37(33,34)29-23-11-8-20(9-12-23)27(32)36-18(2)26(31)30-15-14-19-6-4-5-7-21(19)17-30/h4-13,16,18,29H,3,14-15,17H2,1-2H3/t18-/m0/s1. The second kappa shape index (κ2) is 11.4. The first-order chi connectivity index (χ1) is 17.7. The van der Waals surface area contributed by atoms with Crippen LogP contribution in [0.3, 0.4) is 0 Å². The minimum atomic E-state index is -3.96. The highest BCUT2D eigenvalue weighted by atomic mass is 79.9. The Kier molecular flexibility index (Phi) is 8.19. The summed E-state index contributed by atoms with van der Waals surface area (Å²) >= 11 is 3.29. The summed E-state index contributed by atoms with van der Waals surface area (Å²) in [5, 5.41) is 0. The first kappa shape index (κ1) is 26.7. The molecule has 0 aromatic heterocycles. The molecule has 4 rings (SSSR count). The molecule has 37 heavy (non-hydrogen) atoms. The smallest absolute Gasteiger partial charge is 0.338 e. The Hall–Kier alpha value is -3.37. The molecule has 0 bridgehead atoms. The highest BCUT2D eigenvalue weighted by Crippen LogP contribution is 2.29. The van der Waals surface area contributed by atoms with Crippen LogP contribution in [0.25, 0.3) is 0 Å². The lowest BCUT2D eigenvalue weighted by atomic mass is 9.99. The van der Waals surface area contributed by atoms with Crippen LogP contribution in [0, 0.1) is 0 Å². The van der Waals surface area contributed by atoms with Crippen molar-refractivity contribution in [3.05, 3.63) is 87.9 Å². The molecular weight excluding hydrogens is 560 g/mol. The summed E-state index contributed by atoms with van der Waals surface area (Å²) in [6.45, 7) is 4.68. The van der Waals surface area contributed by atoms with Crippen molar-refractivity contribution < 1.29 is 27.5 Å². The second-order valence-electron chi connectivity index (χ2n) is 8.53. The first-order valence-corrected chi connectivity index (χ1v) is 14.1. The summed E-state index contributed by atoms with van der Waals surface area (Å²) < 4.78 is 39.9. The third-order valence-electron chi connectivity index (χ3n) is 5.94. The number of rotatable bonds is 8. The second-order valence-corrected chi connectivity index (χ2v) is 11.1. The molecule has 1 aliphatic rings. The van der Waals surface area contributed by atoms with Crippen LogP contribution in [0.1, 0.15) is 35.3 Å². The Morgan fingerprint density at radius 1 is 1.05 bits per heavy atom. The number of halogens is 1. The van der Waals surface area contributed by atoms with Crippen LogP contribution in [0.2, 0.25) is 0 Å². The van der Waals surface area contributed by atoms with Gasteiger partial charge in [0.15, 0.2) is 6.10 Å². The molecule has 1 heterocycles. The third kappa shape index (κ3) is 6.31. The number of nitrogens with zero attached hydrogens (tertiary/aromatic N) is 1. The average Bonchev–Trinajstić information content (AvgIpc) is 2.89. The molecule has 0 saturated carbocycles. The van der Waals surface area contributed by atoms with Crippen molar-refractivity contribution in [2.45, 2.75) is 37.8 Å². The summed E-state index contributed by atoms with van der Waals surface area (Å²) in [7, 11) is -3.96. The van der Waals surface area contributed by atoms with E-state index in [1.165, 1.54) is 35.9 Å². The maximum Gasteiger partial charge on any atom is 0.338 e. The number of benzene rings is 3. The maximum atomic E-state index is 13.0. The van der Waals surface area contributed by atoms with Crippen molar-refractivity contribution in [2.24, 2.45) is 0 Å². The SMILES string of the molecule is CCOc1ccc(Br)cc1S(=O)(=O)Nc1ccc(C(=O)O[C@@H](C)C(=O)N2CCc3ccccc3C2)cc1. The zero-order valence-corrected chi connectivity index (χ0v) is 22.8. The van der Waals surface area contributed by atoms with Crippen LogP contribution >= 0.6 is 15.9 Å². The largest absolute Gasteiger partial charge is 0.492 e. The normalized spacial score (nSPS) is 13.9. The highest BCUT2D eigenvalue weighted by molar-refractivity contribution is 9.10. The van der Waals surface area contributed by atoms with Gasteiger partial charge in [0.05, 0.1) is 12.2 Å². The summed E-state index contributed by atoms with van der Waals surface area (Å²) in [6.07, 6.45) is -0.198. The van der Waals surface area contributed by atoms with Gasteiger partial charge < -0.3 is 14.4 Å². The van der Waals surface area contributed by atoms with Crippen LogP contribution in [-0.4, -0.2) is 44.4 Å². The van der Waals surface area contributed by atoms with Gasteiger partial charge in [-0.2, -0.15) is 0 Å². The van der Waals surface area contributed by atoms with Crippen molar-refractivity contribution in [3.63, 3.8) is 0 Å². The van der Waals surface area contributed by atoms with Crippen molar-refractivity contribution in [2.75, 3.05) is 17.9 Å². The molecule has 0 radical (unpaired) electrons. The molecule has 1 amide bonds. The minimum Gasteiger partial charge on any atom is -0.492 e. The molecule has 0 unspecified atom stereocenters. The van der Waals surface area contributed by atoms with E-state index in [9.17, 15) is 18.0 Å². The van der Waals surface area contributed by atoms with Gasteiger partial charge in [0, 0.05) is 23.2 Å². The number of amides is 1. The molecule has 1 aliphatic heterocycles. The van der Waals surface area contributed by atoms with Crippen molar-refractivity contribution in [1.29, 1.82) is 0 Å². The number of ether oxygens (including phenoxy) is 2. The van der Waals surface area contributed by atoms with Gasteiger partial charge in [0.25, 0.3) is 15.9 Å². The number of nitrogens with one attached hydrogen (secondary N) is 1. The molecule has 0 saturated heterocycles. The van der Waals surface area contributed by atoms with Crippen molar-refractivity contribution >= 4 is 43.5 Å². The van der Waals surface area contributed by atoms with Gasteiger partial charge in [-0.15, -0.1) is 0 Å². The predicted molar refractivity (Wildman–Crippen MR) is 143 cm³/mol. The summed E-state index contributed by atoms with van der Waals surface area (Å²) in [5.74, 6) is -0.695. The zero-order chi connectivity index (χ0) is 26.6. The van der Waals surface area contributed by atoms with Gasteiger partial charge in [0.1, 0.15) is 10.6 Å². The molecule has 3 aromatic carbocycles. The predicted octanol–water partition coefficient (Wildman–Crippen LogP) is 4.78. The van der Waals surface area contributed by atoms with Crippen LogP contribution in [-0.2, 0) is 32.5 Å². The number of carbonyl (C=O) groups is 2. The van der Waals surface area contributed by atoms with Gasteiger partial charge in [0.2, 0.25) is 0 Å². The topological polar surface area (TPSA) is 102 Å². The first-order valence-electron chi connectivity index (χ1n) is 11.8. The molecule has 3 aromatic rings. The van der Waals surface area contributed by atoms with Gasteiger partial charge >= 0.3 is 5.97 Å². The molecule has 1 N–H and O–H groups in total. The van der Waals surface area contributed by atoms with Crippen LogP contribution in [0.5, 0.6) is 5.75 Å². The van der Waals surface area contributed by atoms with E-state index >= 15 is 0 Å². The molecule has 8 nitrogen and oxygen atoms in total. The number of hydrogen-bond acceptors (Lipinski definition) is 6. The molecule has 10 heteroatoms. The Morgan fingerprint density at radius 3 is 2.46 bits per heavy atom. The van der Waals surface area contributed by atoms with E-state index in [0.717, 1.165) is 12.0 Å². The highest BCUT2D eigenvalue weighted by Gasteiger charge is 2.27. The molecule has 1 atom stereocenters. The lowest BCUT2D eigenvalue weighted by molar-refractivity contribution is -0.140. The van der Waals surface area contributed by atoms with E-state index in [2.05, 4.69) is 26.7 Å². The molecule has 194 valence electrons. The van der Waals surface area contributed by atoms with Gasteiger partial charge in [-0.1, -0.05) is 40.2 Å². The van der Waals surface area contributed by atoms with Gasteiger partial charge in [-0.3, -0.25) is 9.52 Å². The average molecular weight is 587 g/mol. The Labute approximate surface area is 224 Å². The van der Waals surface area contributed by atoms with Crippen LogP contribution < -0.4 is 9.46 Å².